The van der Waals surface area contributed by atoms with Crippen molar-refractivity contribution in [2.24, 2.45) is 11.8 Å². The Labute approximate surface area is 168 Å². The summed E-state index contributed by atoms with van der Waals surface area (Å²) >= 11 is 1.48. The Hall–Kier alpha value is -2.41. The quantitative estimate of drug-likeness (QED) is 0.600. The van der Waals surface area contributed by atoms with Crippen LogP contribution in [0.3, 0.4) is 0 Å². The van der Waals surface area contributed by atoms with Crippen molar-refractivity contribution in [3.8, 4) is 0 Å². The molecule has 2 aliphatic rings. The third-order valence-electron chi connectivity index (χ3n) is 5.15. The largest absolute Gasteiger partial charge is 0.465 e. The van der Waals surface area contributed by atoms with Crippen LogP contribution in [-0.4, -0.2) is 30.9 Å². The highest BCUT2D eigenvalue weighted by Crippen LogP contribution is 2.46. The highest BCUT2D eigenvalue weighted by atomic mass is 32.1. The molecule has 3 rings (SSSR count). The summed E-state index contributed by atoms with van der Waals surface area (Å²) in [5, 5.41) is 5.15. The van der Waals surface area contributed by atoms with Crippen LogP contribution in [0, 0.1) is 11.8 Å². The minimum atomic E-state index is -0.857. The number of Topliss-reactive ketones (excluding diaryl/α,β-unsaturated/α-hetero) is 1. The van der Waals surface area contributed by atoms with Crippen LogP contribution in [-0.2, 0) is 23.9 Å². The van der Waals surface area contributed by atoms with Crippen molar-refractivity contribution in [3.05, 3.63) is 44.9 Å². The van der Waals surface area contributed by atoms with E-state index in [1.807, 2.05) is 31.4 Å². The van der Waals surface area contributed by atoms with Crippen molar-refractivity contribution in [2.75, 3.05) is 13.2 Å². The first-order chi connectivity index (χ1) is 13.4. The number of nitrogens with one attached hydrogen (secondary N) is 1. The van der Waals surface area contributed by atoms with Crippen LogP contribution in [0.5, 0.6) is 0 Å². The first-order valence-corrected chi connectivity index (χ1v) is 10.4. The van der Waals surface area contributed by atoms with E-state index in [2.05, 4.69) is 5.32 Å². The van der Waals surface area contributed by atoms with Crippen molar-refractivity contribution in [2.45, 2.75) is 40.0 Å². The van der Waals surface area contributed by atoms with Crippen molar-refractivity contribution < 1.29 is 23.9 Å². The fourth-order valence-corrected chi connectivity index (χ4v) is 4.85. The molecular weight excluding hydrogens is 378 g/mol. The second-order valence-electron chi connectivity index (χ2n) is 7.00. The maximum atomic E-state index is 13.5. The Kier molecular flexibility index (Phi) is 6.03. The van der Waals surface area contributed by atoms with Gasteiger partial charge >= 0.3 is 11.9 Å². The molecule has 0 fully saturated rings. The normalized spacial score (nSPS) is 24.6. The molecule has 0 saturated carbocycles. The Morgan fingerprint density at radius 3 is 2.57 bits per heavy atom. The zero-order valence-corrected chi connectivity index (χ0v) is 17.4. The Morgan fingerprint density at radius 2 is 1.96 bits per heavy atom. The molecule has 0 amide bonds. The third kappa shape index (κ3) is 3.51. The average molecular weight is 404 g/mol. The monoisotopic (exact) mass is 403 g/mol. The molecule has 1 aromatic heterocycles. The maximum Gasteiger partial charge on any atom is 0.336 e. The van der Waals surface area contributed by atoms with Gasteiger partial charge in [-0.1, -0.05) is 13.0 Å². The van der Waals surface area contributed by atoms with Gasteiger partial charge in [-0.3, -0.25) is 9.59 Å². The van der Waals surface area contributed by atoms with Crippen LogP contribution < -0.4 is 5.32 Å². The maximum absolute atomic E-state index is 13.5. The SMILES string of the molecule is CCOC(=O)C1=C(C)NC2=C(C(=O)[C@H](C(=O)OCC)[C@@H](C)C2)[C@@H]1c1cccs1. The number of carbonyl (C=O) groups excluding carboxylic acids is 3. The van der Waals surface area contributed by atoms with Crippen LogP contribution in [0.4, 0.5) is 0 Å². The summed E-state index contributed by atoms with van der Waals surface area (Å²) in [5.41, 5.74) is 2.37. The lowest BCUT2D eigenvalue weighted by Crippen LogP contribution is -2.43. The van der Waals surface area contributed by atoms with Crippen molar-refractivity contribution in [1.82, 2.24) is 5.32 Å². The zero-order chi connectivity index (χ0) is 20.4. The number of esters is 2. The molecule has 0 spiro atoms. The van der Waals surface area contributed by atoms with Crippen LogP contribution in [0.15, 0.2) is 40.1 Å². The topological polar surface area (TPSA) is 81.7 Å². The number of ether oxygens (including phenoxy) is 2. The number of hydrogen-bond acceptors (Lipinski definition) is 7. The molecule has 0 aromatic carbocycles. The summed E-state index contributed by atoms with van der Waals surface area (Å²) in [4.78, 5) is 39.6. The van der Waals surface area contributed by atoms with Crippen molar-refractivity contribution in [1.29, 1.82) is 0 Å². The van der Waals surface area contributed by atoms with Gasteiger partial charge in [-0.05, 0) is 44.6 Å². The molecule has 0 unspecified atom stereocenters. The Balaban J connectivity index is 2.11. The number of hydrogen-bond donors (Lipinski definition) is 1. The number of dihydropyridines is 1. The summed E-state index contributed by atoms with van der Waals surface area (Å²) in [6.45, 7) is 7.64. The van der Waals surface area contributed by atoms with Gasteiger partial charge in [-0.25, -0.2) is 4.79 Å². The molecule has 0 radical (unpaired) electrons. The Morgan fingerprint density at radius 1 is 1.25 bits per heavy atom. The van der Waals surface area contributed by atoms with E-state index in [4.69, 9.17) is 9.47 Å². The number of carbonyl (C=O) groups is 3. The molecule has 0 bridgehead atoms. The van der Waals surface area contributed by atoms with Gasteiger partial charge in [0, 0.05) is 21.8 Å². The van der Waals surface area contributed by atoms with Crippen LogP contribution >= 0.6 is 11.3 Å². The van der Waals surface area contributed by atoms with E-state index in [1.165, 1.54) is 11.3 Å². The fraction of sp³-hybridized carbons (Fsp3) is 0.476. The van der Waals surface area contributed by atoms with Crippen molar-refractivity contribution in [3.63, 3.8) is 0 Å². The number of thiophene rings is 1. The highest BCUT2D eigenvalue weighted by Gasteiger charge is 2.47. The molecule has 28 heavy (non-hydrogen) atoms. The lowest BCUT2D eigenvalue weighted by molar-refractivity contribution is -0.153. The molecule has 3 atom stereocenters. The van der Waals surface area contributed by atoms with Crippen LogP contribution in [0.25, 0.3) is 0 Å². The molecule has 2 heterocycles. The van der Waals surface area contributed by atoms with E-state index in [0.717, 1.165) is 10.6 Å². The van der Waals surface area contributed by atoms with Gasteiger partial charge in [0.15, 0.2) is 5.78 Å². The summed E-state index contributed by atoms with van der Waals surface area (Å²) in [6.07, 6.45) is 0.542. The predicted molar refractivity (Wildman–Crippen MR) is 105 cm³/mol. The molecule has 1 aromatic rings. The predicted octanol–water partition coefficient (Wildman–Crippen LogP) is 3.31. The van der Waals surface area contributed by atoms with E-state index in [0.29, 0.717) is 23.3 Å². The van der Waals surface area contributed by atoms with Gasteiger partial charge in [0.2, 0.25) is 0 Å². The summed E-state index contributed by atoms with van der Waals surface area (Å²) in [5.74, 6) is -2.79. The van der Waals surface area contributed by atoms with Crippen LogP contribution in [0.1, 0.15) is 44.9 Å². The standard InChI is InChI=1S/C21H25NO5S/c1-5-26-20(24)15-11(3)10-13-17(19(15)23)18(14-8-7-9-28-14)16(12(4)22-13)21(25)27-6-2/h7-9,11,15,18,22H,5-6,10H2,1-4H3/t11-,15+,18+/m0/s1. The molecule has 1 aliphatic heterocycles. The lowest BCUT2D eigenvalue weighted by atomic mass is 9.70. The first kappa shape index (κ1) is 20.3. The minimum absolute atomic E-state index is 0.182. The summed E-state index contributed by atoms with van der Waals surface area (Å²) in [6, 6.07) is 3.79. The van der Waals surface area contributed by atoms with Gasteiger partial charge < -0.3 is 14.8 Å². The zero-order valence-electron chi connectivity index (χ0n) is 16.5. The van der Waals surface area contributed by atoms with Crippen molar-refractivity contribution >= 4 is 29.1 Å². The number of rotatable bonds is 5. The number of allylic oxidation sites excluding steroid dienone is 3. The van der Waals surface area contributed by atoms with E-state index < -0.39 is 23.8 Å². The molecule has 1 N–H and O–H groups in total. The van der Waals surface area contributed by atoms with Gasteiger partial charge in [0.05, 0.1) is 24.7 Å². The average Bonchev–Trinajstić information content (AvgIpc) is 3.15. The Bertz CT molecular complexity index is 852. The minimum Gasteiger partial charge on any atom is -0.465 e. The van der Waals surface area contributed by atoms with Gasteiger partial charge in [0.1, 0.15) is 5.92 Å². The molecule has 0 saturated heterocycles. The van der Waals surface area contributed by atoms with Gasteiger partial charge in [-0.2, -0.15) is 0 Å². The van der Waals surface area contributed by atoms with E-state index >= 15 is 0 Å². The molecule has 6 nitrogen and oxygen atoms in total. The van der Waals surface area contributed by atoms with Gasteiger partial charge in [0.25, 0.3) is 0 Å². The second kappa shape index (κ2) is 8.31. The molecule has 1 aliphatic carbocycles. The van der Waals surface area contributed by atoms with E-state index in [9.17, 15) is 14.4 Å². The smallest absolute Gasteiger partial charge is 0.336 e. The van der Waals surface area contributed by atoms with Crippen LogP contribution in [0.2, 0.25) is 0 Å². The van der Waals surface area contributed by atoms with E-state index in [-0.39, 0.29) is 24.9 Å². The molecule has 7 heteroatoms. The highest BCUT2D eigenvalue weighted by molar-refractivity contribution is 7.10. The van der Waals surface area contributed by atoms with E-state index in [1.54, 1.807) is 13.8 Å². The molecular formula is C21H25NO5S. The fourth-order valence-electron chi connectivity index (χ4n) is 4.01. The second-order valence-corrected chi connectivity index (χ2v) is 7.98. The third-order valence-corrected chi connectivity index (χ3v) is 6.09. The first-order valence-electron chi connectivity index (χ1n) is 9.52. The lowest BCUT2D eigenvalue weighted by Gasteiger charge is -2.37. The molecule has 150 valence electrons. The number of ketones is 1. The summed E-state index contributed by atoms with van der Waals surface area (Å²) in [7, 11) is 0. The van der Waals surface area contributed by atoms with Gasteiger partial charge in [-0.15, -0.1) is 11.3 Å². The summed E-state index contributed by atoms with van der Waals surface area (Å²) < 4.78 is 10.4.